The maximum Gasteiger partial charge on any atom is 0.262 e. The molecule has 1 aromatic carbocycles. The van der Waals surface area contributed by atoms with E-state index >= 15 is 0 Å². The van der Waals surface area contributed by atoms with Crippen LogP contribution >= 0.6 is 11.3 Å². The second-order valence-electron chi connectivity index (χ2n) is 7.84. The molecule has 3 rings (SSSR count). The molecule has 7 nitrogen and oxygen atoms in total. The Morgan fingerprint density at radius 1 is 1.09 bits per heavy atom. The van der Waals surface area contributed by atoms with Crippen LogP contribution < -0.4 is 19.5 Å². The summed E-state index contributed by atoms with van der Waals surface area (Å²) < 4.78 is 16.5. The van der Waals surface area contributed by atoms with E-state index < -0.39 is 6.04 Å². The number of hydrogen-bond donors (Lipinski definition) is 1. The highest BCUT2D eigenvalue weighted by Crippen LogP contribution is 2.40. The molecule has 0 saturated heterocycles. The predicted octanol–water partition coefficient (Wildman–Crippen LogP) is 3.84. The van der Waals surface area contributed by atoms with E-state index in [-0.39, 0.29) is 17.7 Å². The maximum absolute atomic E-state index is 13.2. The van der Waals surface area contributed by atoms with Crippen LogP contribution in [0.4, 0.5) is 0 Å². The Morgan fingerprint density at radius 2 is 1.78 bits per heavy atom. The molecule has 0 spiro atoms. The molecule has 2 amide bonds. The highest BCUT2D eigenvalue weighted by molar-refractivity contribution is 7.12. The van der Waals surface area contributed by atoms with Crippen molar-refractivity contribution < 1.29 is 23.8 Å². The van der Waals surface area contributed by atoms with Crippen molar-refractivity contribution >= 4 is 28.7 Å². The fourth-order valence-electron chi connectivity index (χ4n) is 3.75. The minimum Gasteiger partial charge on any atom is -0.496 e. The third-order valence-corrected chi connectivity index (χ3v) is 6.39. The molecule has 0 bridgehead atoms. The quantitative estimate of drug-likeness (QED) is 0.650. The van der Waals surface area contributed by atoms with Crippen LogP contribution in [0.15, 0.2) is 35.7 Å². The second-order valence-corrected chi connectivity index (χ2v) is 8.79. The van der Waals surface area contributed by atoms with E-state index in [9.17, 15) is 9.59 Å². The summed E-state index contributed by atoms with van der Waals surface area (Å²) in [4.78, 5) is 28.1. The van der Waals surface area contributed by atoms with Crippen LogP contribution in [0.5, 0.6) is 17.2 Å². The lowest BCUT2D eigenvalue weighted by molar-refractivity contribution is -0.133. The van der Waals surface area contributed by atoms with E-state index in [0.717, 1.165) is 11.1 Å². The van der Waals surface area contributed by atoms with Crippen molar-refractivity contribution in [3.8, 4) is 17.2 Å². The molecule has 32 heavy (non-hydrogen) atoms. The number of amides is 2. The predicted molar refractivity (Wildman–Crippen MR) is 126 cm³/mol. The summed E-state index contributed by atoms with van der Waals surface area (Å²) in [5, 5.41) is 4.76. The van der Waals surface area contributed by atoms with Crippen LogP contribution in [0.1, 0.15) is 35.5 Å². The Kier molecular flexibility index (Phi) is 7.80. The highest BCUT2D eigenvalue weighted by atomic mass is 32.1. The van der Waals surface area contributed by atoms with Crippen molar-refractivity contribution in [1.29, 1.82) is 0 Å². The van der Waals surface area contributed by atoms with Gasteiger partial charge in [-0.2, -0.15) is 0 Å². The lowest BCUT2D eigenvalue weighted by Crippen LogP contribution is -2.52. The molecule has 0 unspecified atom stereocenters. The number of nitrogens with zero attached hydrogens (tertiary/aromatic N) is 1. The van der Waals surface area contributed by atoms with Crippen LogP contribution in [0.3, 0.4) is 0 Å². The molecule has 0 saturated carbocycles. The molecule has 1 N–H and O–H groups in total. The van der Waals surface area contributed by atoms with Gasteiger partial charge in [0.1, 0.15) is 23.3 Å². The van der Waals surface area contributed by atoms with E-state index in [1.807, 2.05) is 43.5 Å². The van der Waals surface area contributed by atoms with Crippen molar-refractivity contribution in [2.45, 2.75) is 26.3 Å². The Hall–Kier alpha value is -3.00. The van der Waals surface area contributed by atoms with Crippen LogP contribution in [-0.2, 0) is 4.79 Å². The SMILES string of the molecule is COc1cc(OC)c(C2=CCN(C(=O)[C@H](NC(=O)c3cccs3)C(C)C)CC2)c(OC)c1. The molecule has 0 aliphatic carbocycles. The minimum atomic E-state index is -0.579. The summed E-state index contributed by atoms with van der Waals surface area (Å²) in [6, 6.07) is 6.65. The van der Waals surface area contributed by atoms with Gasteiger partial charge in [0.05, 0.1) is 31.8 Å². The van der Waals surface area contributed by atoms with Gasteiger partial charge in [0, 0.05) is 25.2 Å². The Balaban J connectivity index is 1.78. The average Bonchev–Trinajstić information content (AvgIpc) is 3.36. The van der Waals surface area contributed by atoms with Crippen molar-refractivity contribution in [2.75, 3.05) is 34.4 Å². The second kappa shape index (κ2) is 10.5. The number of carbonyl (C=O) groups excluding carboxylic acids is 2. The zero-order valence-electron chi connectivity index (χ0n) is 19.1. The Labute approximate surface area is 193 Å². The molecule has 172 valence electrons. The number of carbonyl (C=O) groups is 2. The molecule has 2 aromatic rings. The largest absolute Gasteiger partial charge is 0.496 e. The van der Waals surface area contributed by atoms with Gasteiger partial charge >= 0.3 is 0 Å². The van der Waals surface area contributed by atoms with Gasteiger partial charge in [0.25, 0.3) is 5.91 Å². The van der Waals surface area contributed by atoms with Crippen LogP contribution in [0, 0.1) is 5.92 Å². The van der Waals surface area contributed by atoms with Crippen LogP contribution in [0.25, 0.3) is 5.57 Å². The molecular weight excluding hydrogens is 428 g/mol. The van der Waals surface area contributed by atoms with Crippen LogP contribution in [0.2, 0.25) is 0 Å². The van der Waals surface area contributed by atoms with Crippen LogP contribution in [-0.4, -0.2) is 57.2 Å². The summed E-state index contributed by atoms with van der Waals surface area (Å²) in [5.74, 6) is 1.66. The number of methoxy groups -OCH3 is 3. The van der Waals surface area contributed by atoms with Crippen molar-refractivity contribution in [3.63, 3.8) is 0 Å². The van der Waals surface area contributed by atoms with Gasteiger partial charge in [-0.05, 0) is 29.4 Å². The van der Waals surface area contributed by atoms with Gasteiger partial charge in [-0.3, -0.25) is 9.59 Å². The highest BCUT2D eigenvalue weighted by Gasteiger charge is 2.31. The summed E-state index contributed by atoms with van der Waals surface area (Å²) in [6.07, 6.45) is 2.67. The van der Waals surface area contributed by atoms with Crippen molar-refractivity contribution in [2.24, 2.45) is 5.92 Å². The van der Waals surface area contributed by atoms with E-state index in [2.05, 4.69) is 5.32 Å². The zero-order chi connectivity index (χ0) is 23.3. The molecule has 1 aromatic heterocycles. The van der Waals surface area contributed by atoms with E-state index in [4.69, 9.17) is 14.2 Å². The average molecular weight is 459 g/mol. The molecule has 1 aliphatic heterocycles. The first-order valence-corrected chi connectivity index (χ1v) is 11.4. The number of thiophene rings is 1. The monoisotopic (exact) mass is 458 g/mol. The first-order valence-electron chi connectivity index (χ1n) is 10.5. The fourth-order valence-corrected chi connectivity index (χ4v) is 4.38. The maximum atomic E-state index is 13.2. The number of ether oxygens (including phenoxy) is 3. The normalized spacial score (nSPS) is 14.6. The smallest absolute Gasteiger partial charge is 0.262 e. The molecular formula is C24H30N2O5S. The summed E-state index contributed by atoms with van der Waals surface area (Å²) >= 11 is 1.36. The van der Waals surface area contributed by atoms with Gasteiger partial charge < -0.3 is 24.4 Å². The van der Waals surface area contributed by atoms with Gasteiger partial charge in [-0.1, -0.05) is 26.0 Å². The molecule has 8 heteroatoms. The topological polar surface area (TPSA) is 77.1 Å². The number of hydrogen-bond acceptors (Lipinski definition) is 6. The number of nitrogens with one attached hydrogen (secondary N) is 1. The van der Waals surface area contributed by atoms with Gasteiger partial charge in [-0.25, -0.2) is 0 Å². The van der Waals surface area contributed by atoms with Gasteiger partial charge in [-0.15, -0.1) is 11.3 Å². The minimum absolute atomic E-state index is 0.0291. The van der Waals surface area contributed by atoms with E-state index in [1.54, 1.807) is 32.3 Å². The van der Waals surface area contributed by atoms with Gasteiger partial charge in [0.2, 0.25) is 5.91 Å². The molecule has 0 fully saturated rings. The Bertz CT molecular complexity index is 959. The number of benzene rings is 1. The van der Waals surface area contributed by atoms with Crippen molar-refractivity contribution in [3.05, 3.63) is 46.2 Å². The van der Waals surface area contributed by atoms with E-state index in [1.165, 1.54) is 11.3 Å². The molecule has 0 radical (unpaired) electrons. The molecule has 1 aliphatic rings. The van der Waals surface area contributed by atoms with Gasteiger partial charge in [0.15, 0.2) is 0 Å². The lowest BCUT2D eigenvalue weighted by Gasteiger charge is -2.32. The zero-order valence-corrected chi connectivity index (χ0v) is 20.0. The first kappa shape index (κ1) is 23.7. The lowest BCUT2D eigenvalue weighted by atomic mass is 9.96. The third kappa shape index (κ3) is 5.07. The summed E-state index contributed by atoms with van der Waals surface area (Å²) in [5.41, 5.74) is 1.92. The summed E-state index contributed by atoms with van der Waals surface area (Å²) in [7, 11) is 4.82. The summed E-state index contributed by atoms with van der Waals surface area (Å²) in [6.45, 7) is 4.87. The number of rotatable bonds is 8. The third-order valence-electron chi connectivity index (χ3n) is 5.52. The standard InChI is InChI=1S/C24H30N2O5S/c1-15(2)22(25-23(27)20-7-6-12-32-20)24(28)26-10-8-16(9-11-26)21-18(30-4)13-17(29-3)14-19(21)31-5/h6-8,12-15,22H,9-11H2,1-5H3,(H,25,27)/t22-/m1/s1. The first-order chi connectivity index (χ1) is 15.4. The molecule has 1 atom stereocenters. The van der Waals surface area contributed by atoms with E-state index in [0.29, 0.717) is 41.6 Å². The Morgan fingerprint density at radius 3 is 2.25 bits per heavy atom. The molecule has 2 heterocycles. The van der Waals surface area contributed by atoms with Crippen molar-refractivity contribution in [1.82, 2.24) is 10.2 Å². The fraction of sp³-hybridized carbons (Fsp3) is 0.417.